The standard InChI is InChI=1S/C19H23N/c1-3-14(4-2)13-20-19-17-11-7-5-9-15(17)16-10-6-8-12-18(16)19/h5-12,14,19-20H,3-4,13H2,1-2H3. The smallest absolute Gasteiger partial charge is 0.0589 e. The summed E-state index contributed by atoms with van der Waals surface area (Å²) in [6.45, 7) is 5.67. The molecule has 0 amide bonds. The lowest BCUT2D eigenvalue weighted by Crippen LogP contribution is -2.26. The summed E-state index contributed by atoms with van der Waals surface area (Å²) in [7, 11) is 0. The van der Waals surface area contributed by atoms with E-state index >= 15 is 0 Å². The lowest BCUT2D eigenvalue weighted by molar-refractivity contribution is 0.433. The molecule has 0 saturated carbocycles. The Bertz CT molecular complexity index is 538. The highest BCUT2D eigenvalue weighted by Crippen LogP contribution is 2.43. The van der Waals surface area contributed by atoms with Crippen LogP contribution in [0.4, 0.5) is 0 Å². The van der Waals surface area contributed by atoms with Crippen molar-refractivity contribution in [3.05, 3.63) is 59.7 Å². The van der Waals surface area contributed by atoms with Crippen molar-refractivity contribution in [1.29, 1.82) is 0 Å². The second-order valence-electron chi connectivity index (χ2n) is 5.70. The Labute approximate surface area is 122 Å². The zero-order valence-corrected chi connectivity index (χ0v) is 12.4. The van der Waals surface area contributed by atoms with Crippen molar-refractivity contribution in [2.24, 2.45) is 5.92 Å². The predicted molar refractivity (Wildman–Crippen MR) is 85.8 cm³/mol. The second kappa shape index (κ2) is 5.80. The van der Waals surface area contributed by atoms with E-state index in [0.717, 1.165) is 12.5 Å². The van der Waals surface area contributed by atoms with Crippen LogP contribution in [0.2, 0.25) is 0 Å². The molecule has 0 saturated heterocycles. The minimum absolute atomic E-state index is 0.364. The SMILES string of the molecule is CCC(CC)CNC1c2ccccc2-c2ccccc21. The van der Waals surface area contributed by atoms with Crippen LogP contribution in [0.1, 0.15) is 43.9 Å². The zero-order chi connectivity index (χ0) is 13.9. The highest BCUT2D eigenvalue weighted by atomic mass is 14.9. The van der Waals surface area contributed by atoms with E-state index in [1.54, 1.807) is 0 Å². The van der Waals surface area contributed by atoms with Crippen LogP contribution in [0.25, 0.3) is 11.1 Å². The Morgan fingerprint density at radius 1 is 0.850 bits per heavy atom. The van der Waals surface area contributed by atoms with Gasteiger partial charge in [0, 0.05) is 0 Å². The van der Waals surface area contributed by atoms with E-state index in [0.29, 0.717) is 6.04 Å². The number of rotatable bonds is 5. The number of benzene rings is 2. The molecule has 0 bridgehead atoms. The average Bonchev–Trinajstić information content (AvgIpc) is 2.83. The topological polar surface area (TPSA) is 12.0 Å². The van der Waals surface area contributed by atoms with Gasteiger partial charge in [0.15, 0.2) is 0 Å². The summed E-state index contributed by atoms with van der Waals surface area (Å²) in [5, 5.41) is 3.80. The van der Waals surface area contributed by atoms with Gasteiger partial charge in [-0.25, -0.2) is 0 Å². The largest absolute Gasteiger partial charge is 0.306 e. The van der Waals surface area contributed by atoms with Gasteiger partial charge in [-0.15, -0.1) is 0 Å². The average molecular weight is 265 g/mol. The number of hydrogen-bond acceptors (Lipinski definition) is 1. The maximum atomic E-state index is 3.80. The molecule has 0 spiro atoms. The number of fused-ring (bicyclic) bond motifs is 3. The molecule has 1 nitrogen and oxygen atoms in total. The molecule has 0 radical (unpaired) electrons. The summed E-state index contributed by atoms with van der Waals surface area (Å²) in [5.74, 6) is 0.773. The van der Waals surface area contributed by atoms with E-state index in [1.807, 2.05) is 0 Å². The van der Waals surface area contributed by atoms with Gasteiger partial charge in [-0.3, -0.25) is 0 Å². The first kappa shape index (κ1) is 13.4. The Kier molecular flexibility index (Phi) is 3.88. The minimum atomic E-state index is 0.364. The highest BCUT2D eigenvalue weighted by molar-refractivity contribution is 5.78. The summed E-state index contributed by atoms with van der Waals surface area (Å²) in [6, 6.07) is 18.0. The van der Waals surface area contributed by atoms with Crippen LogP contribution < -0.4 is 5.32 Å². The van der Waals surface area contributed by atoms with E-state index in [-0.39, 0.29) is 0 Å². The third-order valence-corrected chi connectivity index (χ3v) is 4.60. The lowest BCUT2D eigenvalue weighted by Gasteiger charge is -2.20. The highest BCUT2D eigenvalue weighted by Gasteiger charge is 2.27. The molecule has 0 atom stereocenters. The second-order valence-corrected chi connectivity index (χ2v) is 5.70. The summed E-state index contributed by atoms with van der Waals surface area (Å²) in [5.41, 5.74) is 5.65. The van der Waals surface area contributed by atoms with Crippen molar-refractivity contribution in [2.75, 3.05) is 6.54 Å². The van der Waals surface area contributed by atoms with Crippen LogP contribution in [0, 0.1) is 5.92 Å². The molecule has 0 aliphatic heterocycles. The maximum Gasteiger partial charge on any atom is 0.0589 e. The molecule has 0 aromatic heterocycles. The first-order valence-electron chi connectivity index (χ1n) is 7.76. The summed E-state index contributed by atoms with van der Waals surface area (Å²) in [4.78, 5) is 0. The van der Waals surface area contributed by atoms with Gasteiger partial charge in [0.25, 0.3) is 0 Å². The van der Waals surface area contributed by atoms with Crippen LogP contribution in [-0.4, -0.2) is 6.54 Å². The normalized spacial score (nSPS) is 13.6. The predicted octanol–water partition coefficient (Wildman–Crippen LogP) is 4.78. The van der Waals surface area contributed by atoms with E-state index in [4.69, 9.17) is 0 Å². The zero-order valence-electron chi connectivity index (χ0n) is 12.4. The molecule has 0 unspecified atom stereocenters. The Balaban J connectivity index is 1.91. The monoisotopic (exact) mass is 265 g/mol. The molecule has 3 rings (SSSR count). The molecule has 2 aromatic rings. The van der Waals surface area contributed by atoms with Crippen LogP contribution in [0.15, 0.2) is 48.5 Å². The van der Waals surface area contributed by atoms with E-state index < -0.39 is 0 Å². The molecule has 1 aliphatic carbocycles. The molecule has 20 heavy (non-hydrogen) atoms. The van der Waals surface area contributed by atoms with Crippen LogP contribution in [0.3, 0.4) is 0 Å². The molecule has 1 aliphatic rings. The molecule has 104 valence electrons. The van der Waals surface area contributed by atoms with Crippen molar-refractivity contribution in [3.63, 3.8) is 0 Å². The van der Waals surface area contributed by atoms with Crippen molar-refractivity contribution < 1.29 is 0 Å². The van der Waals surface area contributed by atoms with Gasteiger partial charge in [0.05, 0.1) is 6.04 Å². The van der Waals surface area contributed by atoms with Crippen molar-refractivity contribution in [3.8, 4) is 11.1 Å². The minimum Gasteiger partial charge on any atom is -0.306 e. The third kappa shape index (κ3) is 2.27. The van der Waals surface area contributed by atoms with E-state index in [9.17, 15) is 0 Å². The quantitative estimate of drug-likeness (QED) is 0.820. The van der Waals surface area contributed by atoms with E-state index in [2.05, 4.69) is 67.7 Å². The lowest BCUT2D eigenvalue weighted by atomic mass is 10.0. The van der Waals surface area contributed by atoms with E-state index in [1.165, 1.54) is 35.1 Å². The molecule has 1 heteroatoms. The molecular weight excluding hydrogens is 242 g/mol. The van der Waals surface area contributed by atoms with Crippen LogP contribution >= 0.6 is 0 Å². The number of nitrogens with one attached hydrogen (secondary N) is 1. The van der Waals surface area contributed by atoms with Gasteiger partial charge in [-0.2, -0.15) is 0 Å². The summed E-state index contributed by atoms with van der Waals surface area (Å²) in [6.07, 6.45) is 2.50. The Morgan fingerprint density at radius 3 is 1.85 bits per heavy atom. The van der Waals surface area contributed by atoms with Crippen molar-refractivity contribution in [1.82, 2.24) is 5.32 Å². The first-order chi connectivity index (χ1) is 9.85. The van der Waals surface area contributed by atoms with Gasteiger partial charge in [0.2, 0.25) is 0 Å². The number of hydrogen-bond donors (Lipinski definition) is 1. The Morgan fingerprint density at radius 2 is 1.35 bits per heavy atom. The van der Waals surface area contributed by atoms with Gasteiger partial charge in [0.1, 0.15) is 0 Å². The fraction of sp³-hybridized carbons (Fsp3) is 0.368. The third-order valence-electron chi connectivity index (χ3n) is 4.60. The van der Waals surface area contributed by atoms with Gasteiger partial charge < -0.3 is 5.32 Å². The summed E-state index contributed by atoms with van der Waals surface area (Å²) >= 11 is 0. The Hall–Kier alpha value is -1.60. The van der Waals surface area contributed by atoms with Crippen LogP contribution in [-0.2, 0) is 0 Å². The molecular formula is C19H23N. The molecule has 0 heterocycles. The fourth-order valence-corrected chi connectivity index (χ4v) is 3.24. The first-order valence-corrected chi connectivity index (χ1v) is 7.76. The summed E-state index contributed by atoms with van der Waals surface area (Å²) < 4.78 is 0. The maximum absolute atomic E-state index is 3.80. The fourth-order valence-electron chi connectivity index (χ4n) is 3.24. The molecule has 1 N–H and O–H groups in total. The van der Waals surface area contributed by atoms with Crippen molar-refractivity contribution >= 4 is 0 Å². The van der Waals surface area contributed by atoms with Gasteiger partial charge >= 0.3 is 0 Å². The van der Waals surface area contributed by atoms with Crippen molar-refractivity contribution in [2.45, 2.75) is 32.7 Å². The molecule has 2 aromatic carbocycles. The molecule has 0 fully saturated rings. The van der Waals surface area contributed by atoms with Gasteiger partial charge in [-0.1, -0.05) is 75.2 Å². The van der Waals surface area contributed by atoms with Crippen LogP contribution in [0.5, 0.6) is 0 Å². The van der Waals surface area contributed by atoms with Gasteiger partial charge in [-0.05, 0) is 34.7 Å².